The number of rotatable bonds is 3. The van der Waals surface area contributed by atoms with E-state index in [1.165, 1.54) is 5.56 Å². The maximum absolute atomic E-state index is 5.81. The van der Waals surface area contributed by atoms with Crippen molar-refractivity contribution in [2.75, 3.05) is 45.2 Å². The van der Waals surface area contributed by atoms with Gasteiger partial charge in [0.15, 0.2) is 0 Å². The maximum Gasteiger partial charge on any atom is 0.128 e. The molecule has 1 fully saturated rings. The summed E-state index contributed by atoms with van der Waals surface area (Å²) >= 11 is 0. The van der Waals surface area contributed by atoms with Crippen LogP contribution in [0.5, 0.6) is 0 Å². The molecule has 1 atom stereocenters. The topological polar surface area (TPSA) is 28.6 Å². The minimum Gasteiger partial charge on any atom is -0.373 e. The molecule has 2 heterocycles. The highest BCUT2D eigenvalue weighted by atomic mass is 16.5. The molecule has 0 N–H and O–H groups in total. The molecule has 0 radical (unpaired) electrons. The third kappa shape index (κ3) is 3.93. The third-order valence-electron chi connectivity index (χ3n) is 3.65. The van der Waals surface area contributed by atoms with Crippen LogP contribution in [0.15, 0.2) is 18.3 Å². The van der Waals surface area contributed by atoms with Gasteiger partial charge in [0.05, 0.1) is 12.7 Å². The molecule has 112 valence electrons. The van der Waals surface area contributed by atoms with Gasteiger partial charge in [0, 0.05) is 25.8 Å². The van der Waals surface area contributed by atoms with Gasteiger partial charge in [0.25, 0.3) is 0 Å². The summed E-state index contributed by atoms with van der Waals surface area (Å²) in [5.41, 5.74) is 1.43. The van der Waals surface area contributed by atoms with Crippen molar-refractivity contribution in [3.63, 3.8) is 0 Å². The van der Waals surface area contributed by atoms with Gasteiger partial charge in [0.1, 0.15) is 5.82 Å². The Balaban J connectivity index is 2.04. The Morgan fingerprint density at radius 3 is 2.65 bits per heavy atom. The molecule has 20 heavy (non-hydrogen) atoms. The first-order valence-corrected chi connectivity index (χ1v) is 7.34. The highest BCUT2D eigenvalue weighted by Gasteiger charge is 2.22. The summed E-state index contributed by atoms with van der Waals surface area (Å²) in [4.78, 5) is 9.13. The minimum absolute atomic E-state index is 0.157. The average Bonchev–Trinajstić information content (AvgIpc) is 2.37. The van der Waals surface area contributed by atoms with Gasteiger partial charge < -0.3 is 14.5 Å². The van der Waals surface area contributed by atoms with Crippen molar-refractivity contribution in [3.05, 3.63) is 23.9 Å². The van der Waals surface area contributed by atoms with Gasteiger partial charge in [-0.3, -0.25) is 0 Å². The fourth-order valence-corrected chi connectivity index (χ4v) is 2.46. The monoisotopic (exact) mass is 277 g/mol. The van der Waals surface area contributed by atoms with Crippen LogP contribution in [0.2, 0.25) is 0 Å². The van der Waals surface area contributed by atoms with E-state index in [-0.39, 0.29) is 11.5 Å². The van der Waals surface area contributed by atoms with E-state index in [2.05, 4.69) is 61.8 Å². The Kier molecular flexibility index (Phi) is 4.66. The SMILES string of the molecule is CN(C)CC1CN(c2ccc(C(C)(C)C)cn2)CCO1. The zero-order valence-corrected chi connectivity index (χ0v) is 13.4. The summed E-state index contributed by atoms with van der Waals surface area (Å²) in [6.07, 6.45) is 2.27. The number of ether oxygens (including phenoxy) is 1. The van der Waals surface area contributed by atoms with Crippen LogP contribution < -0.4 is 4.90 Å². The predicted octanol–water partition coefficient (Wildman–Crippen LogP) is 2.15. The fourth-order valence-electron chi connectivity index (χ4n) is 2.46. The molecule has 0 aliphatic carbocycles. The zero-order valence-electron chi connectivity index (χ0n) is 13.4. The molecule has 0 amide bonds. The second-order valence-corrected chi connectivity index (χ2v) is 6.86. The first kappa shape index (κ1) is 15.3. The van der Waals surface area contributed by atoms with E-state index in [4.69, 9.17) is 4.74 Å². The van der Waals surface area contributed by atoms with Crippen molar-refractivity contribution in [1.29, 1.82) is 0 Å². The molecule has 0 spiro atoms. The lowest BCUT2D eigenvalue weighted by Gasteiger charge is -2.35. The van der Waals surface area contributed by atoms with Crippen molar-refractivity contribution in [3.8, 4) is 0 Å². The Morgan fingerprint density at radius 1 is 1.35 bits per heavy atom. The highest BCUT2D eigenvalue weighted by Crippen LogP contribution is 2.23. The fraction of sp³-hybridized carbons (Fsp3) is 0.688. The molecule has 0 aromatic carbocycles. The van der Waals surface area contributed by atoms with E-state index in [9.17, 15) is 0 Å². The molecule has 4 nitrogen and oxygen atoms in total. The van der Waals surface area contributed by atoms with Gasteiger partial charge in [-0.25, -0.2) is 4.98 Å². The molecule has 1 aliphatic heterocycles. The summed E-state index contributed by atoms with van der Waals surface area (Å²) in [6, 6.07) is 4.33. The number of nitrogens with zero attached hydrogens (tertiary/aromatic N) is 3. The van der Waals surface area contributed by atoms with Gasteiger partial charge in [-0.2, -0.15) is 0 Å². The predicted molar refractivity (Wildman–Crippen MR) is 83.4 cm³/mol. The third-order valence-corrected chi connectivity index (χ3v) is 3.65. The van der Waals surface area contributed by atoms with E-state index in [0.717, 1.165) is 32.1 Å². The normalized spacial score (nSPS) is 20.5. The van der Waals surface area contributed by atoms with Gasteiger partial charge in [-0.15, -0.1) is 0 Å². The number of hydrogen-bond acceptors (Lipinski definition) is 4. The van der Waals surface area contributed by atoms with Crippen LogP contribution in [-0.4, -0.2) is 56.3 Å². The van der Waals surface area contributed by atoms with Crippen LogP contribution in [0.3, 0.4) is 0 Å². The first-order valence-electron chi connectivity index (χ1n) is 7.34. The van der Waals surface area contributed by atoms with Crippen LogP contribution in [0.25, 0.3) is 0 Å². The summed E-state index contributed by atoms with van der Waals surface area (Å²) in [5.74, 6) is 1.06. The Hall–Kier alpha value is -1.13. The van der Waals surface area contributed by atoms with Gasteiger partial charge >= 0.3 is 0 Å². The van der Waals surface area contributed by atoms with Crippen LogP contribution >= 0.6 is 0 Å². The Morgan fingerprint density at radius 2 is 2.10 bits per heavy atom. The van der Waals surface area contributed by atoms with E-state index in [1.807, 2.05) is 6.20 Å². The van der Waals surface area contributed by atoms with Crippen LogP contribution in [0.1, 0.15) is 26.3 Å². The lowest BCUT2D eigenvalue weighted by molar-refractivity contribution is 0.0245. The molecule has 4 heteroatoms. The molecule has 0 bridgehead atoms. The van der Waals surface area contributed by atoms with E-state index in [1.54, 1.807) is 0 Å². The van der Waals surface area contributed by atoms with E-state index < -0.39 is 0 Å². The molecule has 1 saturated heterocycles. The van der Waals surface area contributed by atoms with Crippen molar-refractivity contribution in [2.45, 2.75) is 32.3 Å². The smallest absolute Gasteiger partial charge is 0.128 e. The molecule has 1 aliphatic rings. The number of aromatic nitrogens is 1. The molecular weight excluding hydrogens is 250 g/mol. The Bertz CT molecular complexity index is 422. The molecular formula is C16H27N3O. The number of morpholine rings is 1. The molecule has 0 saturated carbocycles. The number of likely N-dealkylation sites (N-methyl/N-ethyl adjacent to an activating group) is 1. The largest absolute Gasteiger partial charge is 0.373 e. The summed E-state index contributed by atoms with van der Waals surface area (Å²) in [7, 11) is 4.16. The van der Waals surface area contributed by atoms with Gasteiger partial charge in [0.2, 0.25) is 0 Å². The van der Waals surface area contributed by atoms with E-state index in [0.29, 0.717) is 0 Å². The van der Waals surface area contributed by atoms with Crippen molar-refractivity contribution in [1.82, 2.24) is 9.88 Å². The molecule has 1 aromatic heterocycles. The average molecular weight is 277 g/mol. The molecule has 1 aromatic rings. The lowest BCUT2D eigenvalue weighted by atomic mass is 9.88. The van der Waals surface area contributed by atoms with Gasteiger partial charge in [-0.05, 0) is 31.1 Å². The lowest BCUT2D eigenvalue weighted by Crippen LogP contribution is -2.46. The Labute approximate surface area is 122 Å². The van der Waals surface area contributed by atoms with Crippen molar-refractivity contribution >= 4 is 5.82 Å². The van der Waals surface area contributed by atoms with Crippen LogP contribution in [0.4, 0.5) is 5.82 Å². The zero-order chi connectivity index (χ0) is 14.8. The summed E-state index contributed by atoms with van der Waals surface area (Å²) in [6.45, 7) is 10.2. The second kappa shape index (κ2) is 6.10. The molecule has 2 rings (SSSR count). The van der Waals surface area contributed by atoms with Crippen molar-refractivity contribution < 1.29 is 4.74 Å². The summed E-state index contributed by atoms with van der Waals surface area (Å²) in [5, 5.41) is 0. The molecule has 1 unspecified atom stereocenters. The standard InChI is InChI=1S/C16H27N3O/c1-16(2,3)13-6-7-15(17-10-13)19-8-9-20-14(12-19)11-18(4)5/h6-7,10,14H,8-9,11-12H2,1-5H3. The minimum atomic E-state index is 0.157. The number of pyridine rings is 1. The second-order valence-electron chi connectivity index (χ2n) is 6.86. The quantitative estimate of drug-likeness (QED) is 0.846. The van der Waals surface area contributed by atoms with Crippen LogP contribution in [-0.2, 0) is 10.2 Å². The highest BCUT2D eigenvalue weighted by molar-refractivity contribution is 5.41. The summed E-state index contributed by atoms with van der Waals surface area (Å²) < 4.78 is 5.81. The van der Waals surface area contributed by atoms with Crippen LogP contribution in [0, 0.1) is 0 Å². The number of hydrogen-bond donors (Lipinski definition) is 0. The first-order chi connectivity index (χ1) is 9.36. The van der Waals surface area contributed by atoms with Gasteiger partial charge in [-0.1, -0.05) is 26.8 Å². The van der Waals surface area contributed by atoms with Crippen molar-refractivity contribution in [2.24, 2.45) is 0 Å². The number of anilines is 1. The maximum atomic E-state index is 5.81. The van der Waals surface area contributed by atoms with E-state index >= 15 is 0 Å².